The number of rotatable bonds is 4. The van der Waals surface area contributed by atoms with Crippen LogP contribution < -0.4 is 10.1 Å². The number of para-hydroxylation sites is 1. The first-order chi connectivity index (χ1) is 14.1. The van der Waals surface area contributed by atoms with Crippen LogP contribution in [0.4, 0.5) is 5.69 Å². The molecule has 0 saturated carbocycles. The molecule has 1 atom stereocenters. The van der Waals surface area contributed by atoms with Crippen LogP contribution in [0.15, 0.2) is 78.9 Å². The third-order valence-electron chi connectivity index (χ3n) is 4.75. The van der Waals surface area contributed by atoms with Crippen molar-refractivity contribution in [3.05, 3.63) is 95.0 Å². The highest BCUT2D eigenvalue weighted by Crippen LogP contribution is 2.37. The number of nitrogens with one attached hydrogen (secondary N) is 1. The largest absolute Gasteiger partial charge is 0.484 e. The molecule has 4 rings (SSSR count). The fourth-order valence-corrected chi connectivity index (χ4v) is 3.63. The summed E-state index contributed by atoms with van der Waals surface area (Å²) in [6.45, 7) is -0.251. The molecule has 3 aromatic carbocycles. The van der Waals surface area contributed by atoms with Crippen molar-refractivity contribution >= 4 is 29.1 Å². The minimum absolute atomic E-state index is 0.0805. The second-order valence-corrected chi connectivity index (χ2v) is 7.15. The van der Waals surface area contributed by atoms with Gasteiger partial charge < -0.3 is 15.0 Å². The summed E-state index contributed by atoms with van der Waals surface area (Å²) in [5.74, 6) is 0.0468. The molecule has 0 radical (unpaired) electrons. The molecule has 1 N–H and O–H groups in total. The summed E-state index contributed by atoms with van der Waals surface area (Å²) >= 11 is 6.25. The second-order valence-electron chi connectivity index (χ2n) is 6.72. The molecule has 3 aromatic rings. The van der Waals surface area contributed by atoms with Crippen LogP contribution in [-0.4, -0.2) is 29.9 Å². The van der Waals surface area contributed by atoms with Gasteiger partial charge in [0.2, 0.25) is 5.91 Å². The summed E-state index contributed by atoms with van der Waals surface area (Å²) in [4.78, 5) is 27.2. The van der Waals surface area contributed by atoms with E-state index in [1.54, 1.807) is 30.3 Å². The van der Waals surface area contributed by atoms with Crippen molar-refractivity contribution in [2.75, 3.05) is 18.5 Å². The summed E-state index contributed by atoms with van der Waals surface area (Å²) in [5.41, 5.74) is 2.30. The second kappa shape index (κ2) is 8.37. The minimum Gasteiger partial charge on any atom is -0.484 e. The van der Waals surface area contributed by atoms with Gasteiger partial charge in [0.25, 0.3) is 5.91 Å². The monoisotopic (exact) mass is 406 g/mol. The van der Waals surface area contributed by atoms with Crippen molar-refractivity contribution in [3.8, 4) is 5.75 Å². The number of hydrogen-bond donors (Lipinski definition) is 1. The van der Waals surface area contributed by atoms with E-state index in [1.165, 1.54) is 4.90 Å². The molecular formula is C23H19ClN2O3. The molecule has 1 aliphatic rings. The summed E-state index contributed by atoms with van der Waals surface area (Å²) in [5, 5.41) is 3.41. The van der Waals surface area contributed by atoms with E-state index in [0.29, 0.717) is 16.5 Å². The van der Waals surface area contributed by atoms with Gasteiger partial charge in [-0.3, -0.25) is 9.59 Å². The Hall–Kier alpha value is -3.31. The van der Waals surface area contributed by atoms with Crippen LogP contribution >= 0.6 is 11.6 Å². The number of fused-ring (bicyclic) bond motifs is 1. The lowest BCUT2D eigenvalue weighted by Crippen LogP contribution is -2.41. The first kappa shape index (κ1) is 19.0. The van der Waals surface area contributed by atoms with Gasteiger partial charge >= 0.3 is 0 Å². The van der Waals surface area contributed by atoms with Crippen LogP contribution in [0, 0.1) is 0 Å². The third-order valence-corrected chi connectivity index (χ3v) is 4.98. The summed E-state index contributed by atoms with van der Waals surface area (Å²) in [6.07, 6.45) is 0. The molecule has 6 heteroatoms. The normalized spacial score (nSPS) is 15.8. The van der Waals surface area contributed by atoms with E-state index in [2.05, 4.69) is 5.32 Å². The Bertz CT molecular complexity index is 1020. The molecule has 0 bridgehead atoms. The van der Waals surface area contributed by atoms with E-state index >= 15 is 0 Å². The third kappa shape index (κ3) is 4.25. The molecule has 0 saturated heterocycles. The molecule has 0 unspecified atom stereocenters. The number of benzene rings is 3. The van der Waals surface area contributed by atoms with Gasteiger partial charge in [0.05, 0.1) is 6.04 Å². The lowest BCUT2D eigenvalue weighted by atomic mass is 9.96. The Kier molecular flexibility index (Phi) is 5.49. The fourth-order valence-electron chi connectivity index (χ4n) is 3.45. The number of carbonyl (C=O) groups excluding carboxylic acids is 2. The molecule has 29 heavy (non-hydrogen) atoms. The van der Waals surface area contributed by atoms with Crippen LogP contribution in [0.1, 0.15) is 17.2 Å². The molecule has 5 nitrogen and oxygen atoms in total. The molecule has 1 aliphatic heterocycles. The zero-order chi connectivity index (χ0) is 20.2. The summed E-state index contributed by atoms with van der Waals surface area (Å²) in [7, 11) is 0. The van der Waals surface area contributed by atoms with E-state index in [0.717, 1.165) is 11.1 Å². The lowest BCUT2D eigenvalue weighted by Gasteiger charge is -2.30. The topological polar surface area (TPSA) is 58.6 Å². The number of hydrogen-bond acceptors (Lipinski definition) is 3. The first-order valence-corrected chi connectivity index (χ1v) is 9.61. The summed E-state index contributed by atoms with van der Waals surface area (Å²) in [6, 6.07) is 23.5. The van der Waals surface area contributed by atoms with E-state index in [9.17, 15) is 9.59 Å². The van der Waals surface area contributed by atoms with Gasteiger partial charge in [0.1, 0.15) is 12.3 Å². The number of carbonyl (C=O) groups is 2. The molecular weight excluding hydrogens is 388 g/mol. The van der Waals surface area contributed by atoms with E-state index in [-0.39, 0.29) is 25.0 Å². The van der Waals surface area contributed by atoms with Gasteiger partial charge in [-0.05, 0) is 35.9 Å². The number of halogens is 1. The van der Waals surface area contributed by atoms with Gasteiger partial charge in [0.15, 0.2) is 6.61 Å². The van der Waals surface area contributed by atoms with Crippen LogP contribution in [0.2, 0.25) is 5.02 Å². The molecule has 2 amide bonds. The predicted molar refractivity (Wildman–Crippen MR) is 112 cm³/mol. The zero-order valence-electron chi connectivity index (χ0n) is 15.5. The van der Waals surface area contributed by atoms with Crippen molar-refractivity contribution in [2.24, 2.45) is 0 Å². The van der Waals surface area contributed by atoms with Crippen molar-refractivity contribution in [1.82, 2.24) is 4.90 Å². The zero-order valence-corrected chi connectivity index (χ0v) is 16.3. The lowest BCUT2D eigenvalue weighted by molar-refractivity contribution is -0.138. The Morgan fingerprint density at radius 1 is 1.03 bits per heavy atom. The molecule has 0 fully saturated rings. The van der Waals surface area contributed by atoms with E-state index in [1.807, 2.05) is 48.5 Å². The maximum absolute atomic E-state index is 13.1. The molecule has 1 heterocycles. The highest BCUT2D eigenvalue weighted by Gasteiger charge is 2.33. The number of anilines is 1. The van der Waals surface area contributed by atoms with Crippen LogP contribution in [-0.2, 0) is 9.59 Å². The number of ether oxygens (including phenoxy) is 1. The van der Waals surface area contributed by atoms with Crippen LogP contribution in [0.5, 0.6) is 5.75 Å². The smallest absolute Gasteiger partial charge is 0.261 e. The average Bonchev–Trinajstić information content (AvgIpc) is 2.89. The van der Waals surface area contributed by atoms with Crippen molar-refractivity contribution < 1.29 is 14.3 Å². The van der Waals surface area contributed by atoms with Gasteiger partial charge in [0, 0.05) is 16.3 Å². The fraction of sp³-hybridized carbons (Fsp3) is 0.130. The standard InChI is InChI=1S/C23H19ClN2O3/c24-17-11-12-20-19(13-17)23(16-7-3-1-4-8-16)26(14-21(27)25-20)22(28)15-29-18-9-5-2-6-10-18/h1-13,23H,14-15H2,(H,25,27)/t23-/m0/s1. The number of amides is 2. The first-order valence-electron chi connectivity index (χ1n) is 9.23. The minimum atomic E-state index is -0.462. The van der Waals surface area contributed by atoms with Gasteiger partial charge in [-0.1, -0.05) is 60.1 Å². The van der Waals surface area contributed by atoms with Crippen molar-refractivity contribution in [3.63, 3.8) is 0 Å². The highest BCUT2D eigenvalue weighted by molar-refractivity contribution is 6.30. The Morgan fingerprint density at radius 3 is 2.45 bits per heavy atom. The van der Waals surface area contributed by atoms with Gasteiger partial charge in [-0.15, -0.1) is 0 Å². The molecule has 0 aromatic heterocycles. The van der Waals surface area contributed by atoms with Gasteiger partial charge in [-0.25, -0.2) is 0 Å². The number of nitrogens with zero attached hydrogens (tertiary/aromatic N) is 1. The molecule has 146 valence electrons. The Balaban J connectivity index is 1.71. The quantitative estimate of drug-likeness (QED) is 0.703. The summed E-state index contributed by atoms with van der Waals surface area (Å²) < 4.78 is 5.64. The SMILES string of the molecule is O=C1CN(C(=O)COc2ccccc2)[C@@H](c2ccccc2)c2cc(Cl)ccc2N1. The Labute approximate surface area is 173 Å². The van der Waals surface area contributed by atoms with Crippen LogP contribution in [0.25, 0.3) is 0 Å². The van der Waals surface area contributed by atoms with Crippen molar-refractivity contribution in [1.29, 1.82) is 0 Å². The van der Waals surface area contributed by atoms with Crippen molar-refractivity contribution in [2.45, 2.75) is 6.04 Å². The molecule has 0 aliphatic carbocycles. The Morgan fingerprint density at radius 2 is 1.72 bits per heavy atom. The van der Waals surface area contributed by atoms with E-state index < -0.39 is 6.04 Å². The average molecular weight is 407 g/mol. The maximum atomic E-state index is 13.1. The van der Waals surface area contributed by atoms with Gasteiger partial charge in [-0.2, -0.15) is 0 Å². The van der Waals surface area contributed by atoms with Crippen LogP contribution in [0.3, 0.4) is 0 Å². The molecule has 0 spiro atoms. The highest BCUT2D eigenvalue weighted by atomic mass is 35.5. The van der Waals surface area contributed by atoms with E-state index in [4.69, 9.17) is 16.3 Å². The maximum Gasteiger partial charge on any atom is 0.261 e. The predicted octanol–water partition coefficient (Wildman–Crippen LogP) is 4.29.